The fourth-order valence-corrected chi connectivity index (χ4v) is 3.85. The van der Waals surface area contributed by atoms with E-state index in [-0.39, 0.29) is 21.8 Å². The van der Waals surface area contributed by atoms with E-state index in [1.807, 2.05) is 0 Å². The summed E-state index contributed by atoms with van der Waals surface area (Å²) >= 11 is 0. The molecule has 0 heterocycles. The van der Waals surface area contributed by atoms with Gasteiger partial charge in [0.25, 0.3) is 15.9 Å². The van der Waals surface area contributed by atoms with Crippen molar-refractivity contribution in [3.8, 4) is 0 Å². The average molecular weight is 434 g/mol. The summed E-state index contributed by atoms with van der Waals surface area (Å²) in [6.45, 7) is 1.64. The van der Waals surface area contributed by atoms with Crippen molar-refractivity contribution < 1.29 is 26.4 Å². The normalized spacial score (nSPS) is 11.7. The summed E-state index contributed by atoms with van der Waals surface area (Å²) in [6, 6.07) is 16.5. The van der Waals surface area contributed by atoms with Crippen molar-refractivity contribution in [1.82, 2.24) is 0 Å². The van der Waals surface area contributed by atoms with Crippen LogP contribution in [-0.2, 0) is 16.2 Å². The Bertz CT molecular complexity index is 1180. The zero-order valence-corrected chi connectivity index (χ0v) is 16.5. The second-order valence-electron chi connectivity index (χ2n) is 6.45. The maximum absolute atomic E-state index is 13.1. The molecule has 156 valence electrons. The molecule has 0 fully saturated rings. The van der Waals surface area contributed by atoms with Crippen molar-refractivity contribution in [3.63, 3.8) is 0 Å². The second-order valence-corrected chi connectivity index (χ2v) is 8.13. The average Bonchev–Trinajstić information content (AvgIpc) is 2.69. The largest absolute Gasteiger partial charge is 0.418 e. The Kier molecular flexibility index (Phi) is 5.84. The molecule has 0 saturated heterocycles. The SMILES string of the molecule is Cc1ccc(C(=O)Nc2ccccc2C(F)(F)F)cc1NS(=O)(=O)c1ccccc1. The van der Waals surface area contributed by atoms with Crippen LogP contribution in [0.25, 0.3) is 0 Å². The number of alkyl halides is 3. The highest BCUT2D eigenvalue weighted by Crippen LogP contribution is 2.34. The third-order valence-corrected chi connectivity index (χ3v) is 5.66. The molecule has 0 aliphatic carbocycles. The van der Waals surface area contributed by atoms with Crippen LogP contribution in [0, 0.1) is 6.92 Å². The zero-order valence-electron chi connectivity index (χ0n) is 15.7. The molecular weight excluding hydrogens is 417 g/mol. The van der Waals surface area contributed by atoms with E-state index in [0.717, 1.165) is 12.1 Å². The fourth-order valence-electron chi connectivity index (χ4n) is 2.71. The van der Waals surface area contributed by atoms with Crippen LogP contribution < -0.4 is 10.0 Å². The second kappa shape index (κ2) is 8.19. The molecule has 3 aromatic carbocycles. The lowest BCUT2D eigenvalue weighted by Gasteiger charge is -2.15. The van der Waals surface area contributed by atoms with Crippen LogP contribution in [0.5, 0.6) is 0 Å². The molecule has 0 spiro atoms. The number of benzene rings is 3. The minimum atomic E-state index is -4.63. The third-order valence-electron chi connectivity index (χ3n) is 4.28. The number of halogens is 3. The van der Waals surface area contributed by atoms with Gasteiger partial charge >= 0.3 is 6.18 Å². The molecule has 0 bridgehead atoms. The molecule has 0 aliphatic heterocycles. The van der Waals surface area contributed by atoms with E-state index < -0.39 is 27.7 Å². The van der Waals surface area contributed by atoms with Crippen molar-refractivity contribution in [3.05, 3.63) is 89.5 Å². The highest BCUT2D eigenvalue weighted by molar-refractivity contribution is 7.92. The summed E-state index contributed by atoms with van der Waals surface area (Å²) in [5.74, 6) is -0.799. The first-order valence-corrected chi connectivity index (χ1v) is 10.2. The molecule has 5 nitrogen and oxygen atoms in total. The van der Waals surface area contributed by atoms with Gasteiger partial charge in [-0.1, -0.05) is 36.4 Å². The quantitative estimate of drug-likeness (QED) is 0.589. The van der Waals surface area contributed by atoms with Crippen molar-refractivity contribution in [2.24, 2.45) is 0 Å². The molecule has 0 radical (unpaired) electrons. The van der Waals surface area contributed by atoms with Gasteiger partial charge in [0.15, 0.2) is 0 Å². The first-order chi connectivity index (χ1) is 14.1. The van der Waals surface area contributed by atoms with E-state index >= 15 is 0 Å². The van der Waals surface area contributed by atoms with Gasteiger partial charge in [0, 0.05) is 5.56 Å². The Hall–Kier alpha value is -3.33. The van der Waals surface area contributed by atoms with Crippen LogP contribution in [0.15, 0.2) is 77.7 Å². The van der Waals surface area contributed by atoms with Crippen LogP contribution in [0.1, 0.15) is 21.5 Å². The predicted molar refractivity (Wildman–Crippen MR) is 108 cm³/mol. The van der Waals surface area contributed by atoms with Crippen molar-refractivity contribution >= 4 is 27.3 Å². The molecule has 9 heteroatoms. The van der Waals surface area contributed by atoms with E-state index in [0.29, 0.717) is 5.56 Å². The van der Waals surface area contributed by atoms with Crippen LogP contribution in [0.3, 0.4) is 0 Å². The maximum Gasteiger partial charge on any atom is 0.418 e. The molecule has 30 heavy (non-hydrogen) atoms. The van der Waals surface area contributed by atoms with Crippen molar-refractivity contribution in [1.29, 1.82) is 0 Å². The molecule has 0 aromatic heterocycles. The topological polar surface area (TPSA) is 75.3 Å². The smallest absolute Gasteiger partial charge is 0.321 e. The number of sulfonamides is 1. The molecule has 3 rings (SSSR count). The number of anilines is 2. The first-order valence-electron chi connectivity index (χ1n) is 8.74. The number of hydrogen-bond acceptors (Lipinski definition) is 3. The van der Waals surface area contributed by atoms with E-state index in [9.17, 15) is 26.4 Å². The van der Waals surface area contributed by atoms with Gasteiger partial charge in [-0.25, -0.2) is 8.42 Å². The van der Waals surface area contributed by atoms with Gasteiger partial charge in [0.1, 0.15) is 0 Å². The maximum atomic E-state index is 13.1. The number of carbonyl (C=O) groups excluding carboxylic acids is 1. The lowest BCUT2D eigenvalue weighted by atomic mass is 10.1. The van der Waals surface area contributed by atoms with Crippen LogP contribution in [-0.4, -0.2) is 14.3 Å². The minimum Gasteiger partial charge on any atom is -0.321 e. The first kappa shape index (κ1) is 21.4. The Balaban J connectivity index is 1.88. The lowest BCUT2D eigenvalue weighted by Crippen LogP contribution is -2.18. The van der Waals surface area contributed by atoms with Gasteiger partial charge in [-0.2, -0.15) is 13.2 Å². The standard InChI is InChI=1S/C21H17F3N2O3S/c1-14-11-12-15(13-19(14)26-30(28,29)16-7-3-2-4-8-16)20(27)25-18-10-6-5-9-17(18)21(22,23)24/h2-13,26H,1H3,(H,25,27). The summed E-state index contributed by atoms with van der Waals surface area (Å²) in [5, 5.41) is 2.24. The number of hydrogen-bond donors (Lipinski definition) is 2. The molecule has 3 aromatic rings. The Morgan fingerprint density at radius 3 is 2.17 bits per heavy atom. The number of carbonyl (C=O) groups is 1. The summed E-state index contributed by atoms with van der Waals surface area (Å²) in [4.78, 5) is 12.6. The fraction of sp³-hybridized carbons (Fsp3) is 0.0952. The minimum absolute atomic E-state index is 0.00309. The Morgan fingerprint density at radius 2 is 1.50 bits per heavy atom. The third kappa shape index (κ3) is 4.80. The Labute approximate surface area is 171 Å². The predicted octanol–water partition coefficient (Wildman–Crippen LogP) is 5.07. The number of amides is 1. The van der Waals surface area contributed by atoms with E-state index in [1.54, 1.807) is 25.1 Å². The van der Waals surface area contributed by atoms with Crippen LogP contribution in [0.4, 0.5) is 24.5 Å². The molecule has 1 amide bonds. The molecule has 0 unspecified atom stereocenters. The zero-order chi connectivity index (χ0) is 21.9. The highest BCUT2D eigenvalue weighted by atomic mass is 32.2. The number of rotatable bonds is 5. The number of aryl methyl sites for hydroxylation is 1. The van der Waals surface area contributed by atoms with E-state index in [1.165, 1.54) is 42.5 Å². The van der Waals surface area contributed by atoms with Crippen LogP contribution >= 0.6 is 0 Å². The number of para-hydroxylation sites is 1. The number of nitrogens with one attached hydrogen (secondary N) is 2. The molecule has 0 saturated carbocycles. The molecule has 0 aliphatic rings. The van der Waals surface area contributed by atoms with Crippen molar-refractivity contribution in [2.75, 3.05) is 10.0 Å². The van der Waals surface area contributed by atoms with Gasteiger partial charge in [-0.15, -0.1) is 0 Å². The Morgan fingerprint density at radius 1 is 0.867 bits per heavy atom. The monoisotopic (exact) mass is 434 g/mol. The highest BCUT2D eigenvalue weighted by Gasteiger charge is 2.33. The molecular formula is C21H17F3N2O3S. The van der Waals surface area contributed by atoms with Gasteiger partial charge in [0.2, 0.25) is 0 Å². The van der Waals surface area contributed by atoms with Gasteiger partial charge in [0.05, 0.1) is 21.8 Å². The molecule has 2 N–H and O–H groups in total. The van der Waals surface area contributed by atoms with Gasteiger partial charge < -0.3 is 5.32 Å². The van der Waals surface area contributed by atoms with E-state index in [2.05, 4.69) is 10.0 Å². The summed E-state index contributed by atoms with van der Waals surface area (Å²) < 4.78 is 66.9. The molecule has 0 atom stereocenters. The summed E-state index contributed by atoms with van der Waals surface area (Å²) in [5.41, 5.74) is -0.668. The summed E-state index contributed by atoms with van der Waals surface area (Å²) in [6.07, 6.45) is -4.63. The lowest BCUT2D eigenvalue weighted by molar-refractivity contribution is -0.136. The van der Waals surface area contributed by atoms with Gasteiger partial charge in [-0.05, 0) is 48.9 Å². The van der Waals surface area contributed by atoms with Crippen LogP contribution in [0.2, 0.25) is 0 Å². The van der Waals surface area contributed by atoms with Gasteiger partial charge in [-0.3, -0.25) is 9.52 Å². The van der Waals surface area contributed by atoms with Crippen molar-refractivity contribution in [2.45, 2.75) is 18.0 Å². The summed E-state index contributed by atoms with van der Waals surface area (Å²) in [7, 11) is -3.89. The van der Waals surface area contributed by atoms with E-state index in [4.69, 9.17) is 0 Å².